The molecule has 39 heavy (non-hydrogen) atoms. The first-order valence-electron chi connectivity index (χ1n) is 13.6. The molecule has 0 atom stereocenters. The second kappa shape index (κ2) is 8.14. The van der Waals surface area contributed by atoms with E-state index in [1.165, 1.54) is 53.5 Å². The molecule has 0 spiro atoms. The van der Waals surface area contributed by atoms with Crippen LogP contribution >= 0.6 is 11.3 Å². The summed E-state index contributed by atoms with van der Waals surface area (Å²) < 4.78 is 1.30. The molecule has 0 aliphatic heterocycles. The van der Waals surface area contributed by atoms with E-state index in [4.69, 9.17) is 9.97 Å². The van der Waals surface area contributed by atoms with Crippen molar-refractivity contribution in [3.05, 3.63) is 83.8 Å². The molecule has 5 heteroatoms. The fraction of sp³-hybridized carbons (Fsp3) is 0.176. The van der Waals surface area contributed by atoms with Gasteiger partial charge in [0.2, 0.25) is 0 Å². The Morgan fingerprint density at radius 3 is 1.77 bits per heavy atom. The van der Waals surface area contributed by atoms with Gasteiger partial charge in [-0.3, -0.25) is 0 Å². The van der Waals surface area contributed by atoms with Gasteiger partial charge < -0.3 is 9.97 Å². The highest BCUT2D eigenvalue weighted by Gasteiger charge is 2.18. The number of hydrogen-bond donors (Lipinski definition) is 2. The van der Waals surface area contributed by atoms with Crippen LogP contribution in [-0.4, -0.2) is 19.9 Å². The fourth-order valence-corrected chi connectivity index (χ4v) is 6.96. The molecule has 2 N–H and O–H groups in total. The Hall–Kier alpha value is -4.22. The topological polar surface area (TPSA) is 57.4 Å². The molecule has 3 aromatic heterocycles. The first-order chi connectivity index (χ1) is 19.0. The van der Waals surface area contributed by atoms with Gasteiger partial charge in [0.25, 0.3) is 0 Å². The van der Waals surface area contributed by atoms with Crippen molar-refractivity contribution in [2.75, 3.05) is 0 Å². The van der Waals surface area contributed by atoms with E-state index in [0.29, 0.717) is 11.8 Å². The van der Waals surface area contributed by atoms with Gasteiger partial charge in [-0.2, -0.15) is 0 Å². The van der Waals surface area contributed by atoms with Crippen molar-refractivity contribution < 1.29 is 0 Å². The molecular formula is C34H28N4S. The zero-order valence-electron chi connectivity index (χ0n) is 22.4. The number of imidazole rings is 2. The molecule has 0 aliphatic carbocycles. The number of nitrogens with one attached hydrogen (secondary N) is 2. The Balaban J connectivity index is 1.40. The number of rotatable bonds is 3. The van der Waals surface area contributed by atoms with E-state index < -0.39 is 0 Å². The van der Waals surface area contributed by atoms with Crippen molar-refractivity contribution in [2.45, 2.75) is 39.5 Å². The summed E-state index contributed by atoms with van der Waals surface area (Å²) >= 11 is 1.80. The number of fused-ring (bicyclic) bond motifs is 12. The summed E-state index contributed by atoms with van der Waals surface area (Å²) in [4.78, 5) is 17.3. The molecule has 0 aliphatic rings. The lowest BCUT2D eigenvalue weighted by Gasteiger charge is -2.10. The minimum Gasteiger partial charge on any atom is -0.341 e. The first-order valence-corrected chi connectivity index (χ1v) is 14.5. The van der Waals surface area contributed by atoms with Gasteiger partial charge in [-0.1, -0.05) is 76.2 Å². The van der Waals surface area contributed by atoms with Gasteiger partial charge in [0.05, 0.1) is 22.1 Å². The van der Waals surface area contributed by atoms with E-state index in [1.54, 1.807) is 11.3 Å². The summed E-state index contributed by atoms with van der Waals surface area (Å²) in [5.74, 6) is 2.77. The molecule has 190 valence electrons. The van der Waals surface area contributed by atoms with Crippen molar-refractivity contribution in [3.8, 4) is 11.1 Å². The monoisotopic (exact) mass is 524 g/mol. The van der Waals surface area contributed by atoms with E-state index in [-0.39, 0.29) is 0 Å². The van der Waals surface area contributed by atoms with Gasteiger partial charge in [0, 0.05) is 43.5 Å². The SMILES string of the molecule is CC(C)c1nc2c3ccccc3c3cc(-c4ccc5c(c4)c4sccc4c4nc(C(C)C)[nH]c54)ccc3c2[nH]1. The number of nitrogens with zero attached hydrogens (tertiary/aromatic N) is 2. The quantitative estimate of drug-likeness (QED) is 0.226. The average molecular weight is 525 g/mol. The summed E-state index contributed by atoms with van der Waals surface area (Å²) in [6.07, 6.45) is 0. The van der Waals surface area contributed by atoms with Crippen LogP contribution in [0.1, 0.15) is 51.2 Å². The van der Waals surface area contributed by atoms with Crippen LogP contribution in [0.4, 0.5) is 0 Å². The second-order valence-electron chi connectivity index (χ2n) is 11.2. The van der Waals surface area contributed by atoms with Crippen molar-refractivity contribution in [3.63, 3.8) is 0 Å². The minimum atomic E-state index is 0.343. The maximum absolute atomic E-state index is 5.00. The molecule has 3 heterocycles. The zero-order valence-corrected chi connectivity index (χ0v) is 23.2. The molecule has 0 radical (unpaired) electrons. The van der Waals surface area contributed by atoms with Crippen LogP contribution in [-0.2, 0) is 0 Å². The van der Waals surface area contributed by atoms with Gasteiger partial charge in [0.15, 0.2) is 0 Å². The fourth-order valence-electron chi connectivity index (χ4n) is 6.03. The van der Waals surface area contributed by atoms with Crippen LogP contribution in [0.15, 0.2) is 72.1 Å². The minimum absolute atomic E-state index is 0.343. The summed E-state index contributed by atoms with van der Waals surface area (Å²) in [5.41, 5.74) is 6.84. The third-order valence-electron chi connectivity index (χ3n) is 8.09. The molecule has 0 fully saturated rings. The van der Waals surface area contributed by atoms with Crippen molar-refractivity contribution in [1.29, 1.82) is 0 Å². The number of benzene rings is 5. The number of aromatic amines is 2. The van der Waals surface area contributed by atoms with E-state index in [2.05, 4.69) is 110 Å². The van der Waals surface area contributed by atoms with Gasteiger partial charge in [-0.25, -0.2) is 9.97 Å². The van der Waals surface area contributed by atoms with E-state index in [0.717, 1.165) is 33.7 Å². The largest absolute Gasteiger partial charge is 0.341 e. The maximum Gasteiger partial charge on any atom is 0.109 e. The van der Waals surface area contributed by atoms with Crippen LogP contribution in [0, 0.1) is 0 Å². The van der Waals surface area contributed by atoms with E-state index in [9.17, 15) is 0 Å². The number of H-pyrrole nitrogens is 2. The highest BCUT2D eigenvalue weighted by Crippen LogP contribution is 2.41. The summed E-state index contributed by atoms with van der Waals surface area (Å²) in [6.45, 7) is 8.75. The summed E-state index contributed by atoms with van der Waals surface area (Å²) in [7, 11) is 0. The summed E-state index contributed by atoms with van der Waals surface area (Å²) in [6, 6.07) is 24.6. The van der Waals surface area contributed by atoms with Crippen LogP contribution in [0.2, 0.25) is 0 Å². The van der Waals surface area contributed by atoms with Gasteiger partial charge >= 0.3 is 0 Å². The average Bonchev–Trinajstić information content (AvgIpc) is 3.71. The Bertz CT molecular complexity index is 2240. The predicted octanol–water partition coefficient (Wildman–Crippen LogP) is 10.0. The molecule has 4 nitrogen and oxygen atoms in total. The Labute approximate surface area is 229 Å². The Morgan fingerprint density at radius 2 is 1.13 bits per heavy atom. The van der Waals surface area contributed by atoms with Gasteiger partial charge in [-0.15, -0.1) is 11.3 Å². The number of aromatic nitrogens is 4. The molecule has 8 rings (SSSR count). The Morgan fingerprint density at radius 1 is 0.564 bits per heavy atom. The molecule has 0 saturated heterocycles. The lowest BCUT2D eigenvalue weighted by atomic mass is 9.94. The van der Waals surface area contributed by atoms with Crippen molar-refractivity contribution in [1.82, 2.24) is 19.9 Å². The van der Waals surface area contributed by atoms with Gasteiger partial charge in [0.1, 0.15) is 11.6 Å². The number of thiophene rings is 1. The molecule has 0 bridgehead atoms. The van der Waals surface area contributed by atoms with Crippen LogP contribution in [0.25, 0.3) is 75.6 Å². The van der Waals surface area contributed by atoms with Gasteiger partial charge in [-0.05, 0) is 45.5 Å². The maximum atomic E-state index is 5.00. The normalized spacial score (nSPS) is 12.6. The third-order valence-corrected chi connectivity index (χ3v) is 9.03. The number of hydrogen-bond acceptors (Lipinski definition) is 3. The molecule has 5 aromatic carbocycles. The van der Waals surface area contributed by atoms with Crippen molar-refractivity contribution >= 4 is 75.8 Å². The Kier molecular flexibility index (Phi) is 4.74. The zero-order chi connectivity index (χ0) is 26.4. The molecule has 0 unspecified atom stereocenters. The molecule has 8 aromatic rings. The molecule has 0 saturated carbocycles. The second-order valence-corrected chi connectivity index (χ2v) is 12.1. The summed E-state index contributed by atoms with van der Waals surface area (Å²) in [5, 5.41) is 10.8. The smallest absolute Gasteiger partial charge is 0.109 e. The highest BCUT2D eigenvalue weighted by molar-refractivity contribution is 7.18. The predicted molar refractivity (Wildman–Crippen MR) is 167 cm³/mol. The van der Waals surface area contributed by atoms with E-state index >= 15 is 0 Å². The van der Waals surface area contributed by atoms with Crippen LogP contribution in [0.5, 0.6) is 0 Å². The first kappa shape index (κ1) is 22.7. The highest BCUT2D eigenvalue weighted by atomic mass is 32.1. The van der Waals surface area contributed by atoms with Crippen LogP contribution in [0.3, 0.4) is 0 Å². The third kappa shape index (κ3) is 3.23. The molecular weight excluding hydrogens is 496 g/mol. The lowest BCUT2D eigenvalue weighted by molar-refractivity contribution is 0.799. The van der Waals surface area contributed by atoms with E-state index in [1.807, 2.05) is 0 Å². The lowest BCUT2D eigenvalue weighted by Crippen LogP contribution is -1.88. The van der Waals surface area contributed by atoms with Crippen molar-refractivity contribution in [2.24, 2.45) is 0 Å². The van der Waals surface area contributed by atoms with Crippen LogP contribution < -0.4 is 0 Å². The standard InChI is InChI=1S/C34H28N4S/c1-17(2)33-35-28-22-8-6-5-7-21(22)26-15-19(9-11-23(26)29(28)36-33)20-10-12-24-27(16-20)32-25(13-14-39-32)31-30(24)37-34(38-31)18(3)4/h5-18H,1-4H3,(H,35,36)(H,37,38). The molecule has 0 amide bonds.